The summed E-state index contributed by atoms with van der Waals surface area (Å²) in [6.45, 7) is 6.50. The lowest BCUT2D eigenvalue weighted by Gasteiger charge is -2.13. The third-order valence-corrected chi connectivity index (χ3v) is 2.98. The summed E-state index contributed by atoms with van der Waals surface area (Å²) in [4.78, 5) is 0. The normalized spacial score (nSPS) is 12.9. The average molecular weight is 234 g/mol. The van der Waals surface area contributed by atoms with E-state index in [4.69, 9.17) is 5.73 Å². The maximum Gasteiger partial charge on any atom is 0.0421 e. The second-order valence-corrected chi connectivity index (χ2v) is 5.11. The molecule has 0 bridgehead atoms. The van der Waals surface area contributed by atoms with Crippen molar-refractivity contribution in [1.29, 1.82) is 0 Å². The van der Waals surface area contributed by atoms with E-state index in [0.717, 1.165) is 19.0 Å². The van der Waals surface area contributed by atoms with E-state index in [-0.39, 0.29) is 6.04 Å². The Morgan fingerprint density at radius 2 is 1.82 bits per heavy atom. The highest BCUT2D eigenvalue weighted by Crippen LogP contribution is 2.08. The molecule has 0 heterocycles. The van der Waals surface area contributed by atoms with E-state index in [9.17, 15) is 0 Å². The van der Waals surface area contributed by atoms with E-state index in [0.29, 0.717) is 0 Å². The molecule has 0 spiro atoms. The van der Waals surface area contributed by atoms with E-state index in [1.165, 1.54) is 24.8 Å². The first-order chi connectivity index (χ1) is 8.20. The molecule has 0 aromatic heterocycles. The predicted molar refractivity (Wildman–Crippen MR) is 74.9 cm³/mol. The van der Waals surface area contributed by atoms with Crippen LogP contribution < -0.4 is 11.1 Å². The van der Waals surface area contributed by atoms with E-state index in [2.05, 4.69) is 31.3 Å². The van der Waals surface area contributed by atoms with Gasteiger partial charge in [0.2, 0.25) is 0 Å². The van der Waals surface area contributed by atoms with Crippen molar-refractivity contribution < 1.29 is 0 Å². The second-order valence-electron chi connectivity index (χ2n) is 5.11. The molecule has 2 heteroatoms. The fourth-order valence-corrected chi connectivity index (χ4v) is 1.88. The van der Waals surface area contributed by atoms with Crippen LogP contribution >= 0.6 is 0 Å². The Balaban J connectivity index is 2.07. The summed E-state index contributed by atoms with van der Waals surface area (Å²) < 4.78 is 0. The molecule has 2 nitrogen and oxygen atoms in total. The van der Waals surface area contributed by atoms with Gasteiger partial charge in [-0.05, 0) is 24.4 Å². The molecule has 0 aliphatic rings. The van der Waals surface area contributed by atoms with Gasteiger partial charge >= 0.3 is 0 Å². The Kier molecular flexibility index (Phi) is 6.90. The summed E-state index contributed by atoms with van der Waals surface area (Å²) in [6.07, 6.45) is 3.89. The lowest BCUT2D eigenvalue weighted by molar-refractivity contribution is 0.511. The van der Waals surface area contributed by atoms with Crippen LogP contribution in [0.4, 0.5) is 0 Å². The first kappa shape index (κ1) is 14.2. The van der Waals surface area contributed by atoms with Gasteiger partial charge in [-0.15, -0.1) is 0 Å². The summed E-state index contributed by atoms with van der Waals surface area (Å²) >= 11 is 0. The minimum atomic E-state index is 0.112. The van der Waals surface area contributed by atoms with Crippen LogP contribution in [-0.4, -0.2) is 13.1 Å². The first-order valence-electron chi connectivity index (χ1n) is 6.71. The van der Waals surface area contributed by atoms with Gasteiger partial charge in [-0.25, -0.2) is 0 Å². The molecule has 1 unspecified atom stereocenters. The average Bonchev–Trinajstić information content (AvgIpc) is 2.34. The van der Waals surface area contributed by atoms with Gasteiger partial charge in [0.15, 0.2) is 0 Å². The SMILES string of the molecule is CC(C)CCCCNCC(N)c1ccccc1. The Labute approximate surface area is 106 Å². The summed E-state index contributed by atoms with van der Waals surface area (Å²) in [5.74, 6) is 0.821. The van der Waals surface area contributed by atoms with Crippen LogP contribution in [0.2, 0.25) is 0 Å². The number of nitrogens with two attached hydrogens (primary N) is 1. The van der Waals surface area contributed by atoms with Gasteiger partial charge in [0.25, 0.3) is 0 Å². The monoisotopic (exact) mass is 234 g/mol. The molecule has 1 aromatic rings. The molecule has 0 fully saturated rings. The number of unbranched alkanes of at least 4 members (excludes halogenated alkanes) is 1. The van der Waals surface area contributed by atoms with Crippen molar-refractivity contribution in [3.05, 3.63) is 35.9 Å². The zero-order valence-electron chi connectivity index (χ0n) is 11.2. The Morgan fingerprint density at radius 1 is 1.12 bits per heavy atom. The van der Waals surface area contributed by atoms with Crippen LogP contribution in [0.5, 0.6) is 0 Å². The molecular weight excluding hydrogens is 208 g/mol. The Hall–Kier alpha value is -0.860. The number of hydrogen-bond donors (Lipinski definition) is 2. The van der Waals surface area contributed by atoms with Gasteiger partial charge in [-0.1, -0.05) is 57.0 Å². The fourth-order valence-electron chi connectivity index (χ4n) is 1.88. The Morgan fingerprint density at radius 3 is 2.47 bits per heavy atom. The number of benzene rings is 1. The van der Waals surface area contributed by atoms with Crippen molar-refractivity contribution in [3.63, 3.8) is 0 Å². The second kappa shape index (κ2) is 8.26. The van der Waals surface area contributed by atoms with Crippen molar-refractivity contribution in [2.75, 3.05) is 13.1 Å². The maximum absolute atomic E-state index is 6.10. The molecule has 3 N–H and O–H groups in total. The van der Waals surface area contributed by atoms with Gasteiger partial charge in [-0.3, -0.25) is 0 Å². The summed E-state index contributed by atoms with van der Waals surface area (Å²) in [5, 5.41) is 3.43. The smallest absolute Gasteiger partial charge is 0.0421 e. The number of rotatable bonds is 8. The first-order valence-corrected chi connectivity index (χ1v) is 6.71. The van der Waals surface area contributed by atoms with E-state index >= 15 is 0 Å². The lowest BCUT2D eigenvalue weighted by atomic mass is 10.1. The molecule has 1 aromatic carbocycles. The molecule has 0 saturated carbocycles. The van der Waals surface area contributed by atoms with Crippen molar-refractivity contribution in [1.82, 2.24) is 5.32 Å². The molecule has 0 aliphatic carbocycles. The zero-order valence-corrected chi connectivity index (χ0v) is 11.2. The molecular formula is C15H26N2. The van der Waals surface area contributed by atoms with Crippen molar-refractivity contribution >= 4 is 0 Å². The van der Waals surface area contributed by atoms with E-state index in [1.807, 2.05) is 18.2 Å². The predicted octanol–water partition coefficient (Wildman–Crippen LogP) is 3.10. The molecule has 0 amide bonds. The van der Waals surface area contributed by atoms with Crippen LogP contribution in [0.1, 0.15) is 44.7 Å². The molecule has 1 rings (SSSR count). The van der Waals surface area contributed by atoms with Crippen molar-refractivity contribution in [2.45, 2.75) is 39.2 Å². The summed E-state index contributed by atoms with van der Waals surface area (Å²) in [7, 11) is 0. The van der Waals surface area contributed by atoms with Gasteiger partial charge < -0.3 is 11.1 Å². The molecule has 17 heavy (non-hydrogen) atoms. The summed E-state index contributed by atoms with van der Waals surface area (Å²) in [6, 6.07) is 10.4. The standard InChI is InChI=1S/C15H26N2/c1-13(2)8-6-7-11-17-12-15(16)14-9-4-3-5-10-14/h3-5,9-10,13,15,17H,6-8,11-12,16H2,1-2H3. The van der Waals surface area contributed by atoms with E-state index < -0.39 is 0 Å². The van der Waals surface area contributed by atoms with Crippen molar-refractivity contribution in [3.8, 4) is 0 Å². The topological polar surface area (TPSA) is 38.0 Å². The quantitative estimate of drug-likeness (QED) is 0.678. The lowest BCUT2D eigenvalue weighted by Crippen LogP contribution is -2.27. The maximum atomic E-state index is 6.10. The van der Waals surface area contributed by atoms with Gasteiger partial charge in [0.1, 0.15) is 0 Å². The van der Waals surface area contributed by atoms with Gasteiger partial charge in [-0.2, -0.15) is 0 Å². The summed E-state index contributed by atoms with van der Waals surface area (Å²) in [5.41, 5.74) is 7.31. The third kappa shape index (κ3) is 6.44. The van der Waals surface area contributed by atoms with Crippen LogP contribution in [0.15, 0.2) is 30.3 Å². The van der Waals surface area contributed by atoms with E-state index in [1.54, 1.807) is 0 Å². The van der Waals surface area contributed by atoms with Crippen molar-refractivity contribution in [2.24, 2.45) is 11.7 Å². The minimum absolute atomic E-state index is 0.112. The van der Waals surface area contributed by atoms with Crippen LogP contribution in [0.3, 0.4) is 0 Å². The highest BCUT2D eigenvalue weighted by atomic mass is 14.9. The van der Waals surface area contributed by atoms with Gasteiger partial charge in [0.05, 0.1) is 0 Å². The van der Waals surface area contributed by atoms with Crippen LogP contribution in [0.25, 0.3) is 0 Å². The number of nitrogens with one attached hydrogen (secondary N) is 1. The molecule has 0 radical (unpaired) electrons. The molecule has 0 aliphatic heterocycles. The minimum Gasteiger partial charge on any atom is -0.323 e. The fraction of sp³-hybridized carbons (Fsp3) is 0.600. The molecule has 0 saturated heterocycles. The highest BCUT2D eigenvalue weighted by molar-refractivity contribution is 5.18. The molecule has 1 atom stereocenters. The zero-order chi connectivity index (χ0) is 12.5. The highest BCUT2D eigenvalue weighted by Gasteiger charge is 2.03. The van der Waals surface area contributed by atoms with Gasteiger partial charge in [0, 0.05) is 12.6 Å². The Bertz CT molecular complexity index is 282. The van der Waals surface area contributed by atoms with Crippen LogP contribution in [0, 0.1) is 5.92 Å². The third-order valence-electron chi connectivity index (χ3n) is 2.98. The largest absolute Gasteiger partial charge is 0.323 e. The number of hydrogen-bond acceptors (Lipinski definition) is 2. The van der Waals surface area contributed by atoms with Crippen LogP contribution in [-0.2, 0) is 0 Å². The molecule has 96 valence electrons.